The van der Waals surface area contributed by atoms with Crippen LogP contribution in [0, 0.1) is 0 Å². The second-order valence-electron chi connectivity index (χ2n) is 17.1. The number of unbranched alkanes of at least 4 members (excludes halogenated alkanes) is 20. The van der Waals surface area contributed by atoms with Crippen LogP contribution in [0.15, 0.2) is 46.4 Å². The number of benzene rings is 2. The second kappa shape index (κ2) is 30.9. The van der Waals surface area contributed by atoms with Crippen molar-refractivity contribution in [2.24, 2.45) is 9.98 Å². The molecule has 0 aliphatic heterocycles. The van der Waals surface area contributed by atoms with Crippen LogP contribution in [0.2, 0.25) is 0 Å². The van der Waals surface area contributed by atoms with Crippen molar-refractivity contribution >= 4 is 12.4 Å². The van der Waals surface area contributed by atoms with Crippen molar-refractivity contribution in [3.63, 3.8) is 0 Å². The lowest BCUT2D eigenvalue weighted by molar-refractivity contribution is 0.390. The minimum absolute atomic E-state index is 0.286. The molecule has 0 bridgehead atoms. The molecular weight excluding hydrogens is 653 g/mol. The van der Waals surface area contributed by atoms with Gasteiger partial charge in [0.05, 0.1) is 12.1 Å². The lowest BCUT2D eigenvalue weighted by Crippen LogP contribution is -2.27. The van der Waals surface area contributed by atoms with Gasteiger partial charge in [-0.25, -0.2) is 0 Å². The molecule has 2 aromatic rings. The summed E-state index contributed by atoms with van der Waals surface area (Å²) in [6, 6.07) is 15.1. The predicted molar refractivity (Wildman–Crippen MR) is 242 cm³/mol. The van der Waals surface area contributed by atoms with Crippen molar-refractivity contribution in [2.75, 3.05) is 0 Å². The molecule has 1 saturated carbocycles. The third kappa shape index (κ3) is 20.1. The van der Waals surface area contributed by atoms with Crippen molar-refractivity contribution in [2.45, 2.75) is 245 Å². The van der Waals surface area contributed by atoms with Crippen LogP contribution in [-0.4, -0.2) is 24.5 Å². The molecule has 2 nitrogen and oxygen atoms in total. The summed E-state index contributed by atoms with van der Waals surface area (Å²) in [7, 11) is 0. The van der Waals surface area contributed by atoms with E-state index in [-0.39, 0.29) is 12.1 Å². The number of hydrogen-bond acceptors (Lipinski definition) is 2. The van der Waals surface area contributed by atoms with Gasteiger partial charge in [-0.2, -0.15) is 0 Å². The van der Waals surface area contributed by atoms with Crippen LogP contribution >= 0.6 is 0 Å². The van der Waals surface area contributed by atoms with Crippen LogP contribution < -0.4 is 0 Å². The maximum atomic E-state index is 5.28. The lowest BCUT2D eigenvalue weighted by Gasteiger charge is -2.25. The average molecular weight is 739 g/mol. The van der Waals surface area contributed by atoms with E-state index in [1.54, 1.807) is 22.3 Å². The largest absolute Gasteiger partial charge is 0.287 e. The fourth-order valence-electron chi connectivity index (χ4n) is 8.59. The van der Waals surface area contributed by atoms with Gasteiger partial charge in [-0.3, -0.25) is 9.98 Å². The highest BCUT2D eigenvalue weighted by atomic mass is 14.9. The molecule has 0 saturated heterocycles. The van der Waals surface area contributed by atoms with Crippen LogP contribution in [-0.2, 0) is 25.7 Å². The van der Waals surface area contributed by atoms with Gasteiger partial charge < -0.3 is 0 Å². The van der Waals surface area contributed by atoms with Gasteiger partial charge in [-0.05, 0) is 110 Å². The van der Waals surface area contributed by atoms with Gasteiger partial charge in [0.25, 0.3) is 0 Å². The summed E-state index contributed by atoms with van der Waals surface area (Å²) in [5.41, 5.74) is 8.92. The summed E-state index contributed by atoms with van der Waals surface area (Å²) in [4.78, 5) is 10.6. The molecule has 304 valence electrons. The topological polar surface area (TPSA) is 24.7 Å². The first-order valence-electron chi connectivity index (χ1n) is 24.0. The summed E-state index contributed by atoms with van der Waals surface area (Å²) in [5.74, 6) is 0. The first-order chi connectivity index (χ1) is 26.7. The molecule has 0 N–H and O–H groups in total. The van der Waals surface area contributed by atoms with Gasteiger partial charge in [0.1, 0.15) is 0 Å². The molecule has 3 rings (SSSR count). The SMILES string of the molecule is CCCCCCCCc1ccc(C=N[C@@H]2CCCC[C@H]2N=Cc2ccc(CCCCCCCC)c(CCCCCCCC)c2)cc1CCCCCCCC. The highest BCUT2D eigenvalue weighted by Crippen LogP contribution is 2.26. The van der Waals surface area contributed by atoms with Crippen molar-refractivity contribution in [3.8, 4) is 0 Å². The smallest absolute Gasteiger partial charge is 0.0723 e. The van der Waals surface area contributed by atoms with E-state index in [2.05, 4.69) is 76.5 Å². The molecule has 0 unspecified atom stereocenters. The highest BCUT2D eigenvalue weighted by Gasteiger charge is 2.23. The molecule has 54 heavy (non-hydrogen) atoms. The van der Waals surface area contributed by atoms with Crippen molar-refractivity contribution in [3.05, 3.63) is 69.8 Å². The summed E-state index contributed by atoms with van der Waals surface area (Å²) >= 11 is 0. The van der Waals surface area contributed by atoms with Crippen LogP contribution in [0.5, 0.6) is 0 Å². The summed E-state index contributed by atoms with van der Waals surface area (Å²) in [6.07, 6.45) is 46.8. The average Bonchev–Trinajstić information content (AvgIpc) is 3.19. The first kappa shape index (κ1) is 46.2. The Bertz CT molecular complexity index is 1160. The maximum absolute atomic E-state index is 5.28. The van der Waals surface area contributed by atoms with E-state index in [9.17, 15) is 0 Å². The Morgan fingerprint density at radius 2 is 0.685 bits per heavy atom. The van der Waals surface area contributed by atoms with Crippen LogP contribution in [0.1, 0.15) is 241 Å². The summed E-state index contributed by atoms with van der Waals surface area (Å²) < 4.78 is 0. The summed E-state index contributed by atoms with van der Waals surface area (Å²) in [5, 5.41) is 0. The Labute approximate surface area is 336 Å². The monoisotopic (exact) mass is 739 g/mol. The minimum atomic E-state index is 0.286. The predicted octanol–water partition coefficient (Wildman–Crippen LogP) is 16.1. The zero-order chi connectivity index (χ0) is 38.3. The highest BCUT2D eigenvalue weighted by molar-refractivity contribution is 5.81. The van der Waals surface area contributed by atoms with Crippen molar-refractivity contribution in [1.82, 2.24) is 0 Å². The van der Waals surface area contributed by atoms with E-state index in [1.807, 2.05) is 0 Å². The molecule has 2 heteroatoms. The molecule has 2 atom stereocenters. The number of nitrogens with zero attached hydrogens (tertiary/aromatic N) is 2. The maximum Gasteiger partial charge on any atom is 0.0723 e. The van der Waals surface area contributed by atoms with Crippen molar-refractivity contribution < 1.29 is 0 Å². The van der Waals surface area contributed by atoms with Gasteiger partial charge in [-0.15, -0.1) is 0 Å². The fourth-order valence-corrected chi connectivity index (χ4v) is 8.59. The van der Waals surface area contributed by atoms with E-state index in [0.717, 1.165) is 12.8 Å². The fraction of sp³-hybridized carbons (Fsp3) is 0.731. The van der Waals surface area contributed by atoms with Crippen LogP contribution in [0.3, 0.4) is 0 Å². The van der Waals surface area contributed by atoms with E-state index >= 15 is 0 Å². The van der Waals surface area contributed by atoms with Gasteiger partial charge in [0.2, 0.25) is 0 Å². The Morgan fingerprint density at radius 1 is 0.389 bits per heavy atom. The van der Waals surface area contributed by atoms with Crippen molar-refractivity contribution in [1.29, 1.82) is 0 Å². The molecule has 0 radical (unpaired) electrons. The van der Waals surface area contributed by atoms with E-state index in [4.69, 9.17) is 9.98 Å². The number of aliphatic imine (C=N–C) groups is 2. The Balaban J connectivity index is 1.66. The number of hydrogen-bond donors (Lipinski definition) is 0. The molecular formula is C52H86N2. The zero-order valence-corrected chi connectivity index (χ0v) is 36.3. The Hall–Kier alpha value is -2.22. The lowest BCUT2D eigenvalue weighted by atomic mass is 9.91. The third-order valence-corrected chi connectivity index (χ3v) is 12.2. The molecule has 0 heterocycles. The Morgan fingerprint density at radius 3 is 1.02 bits per heavy atom. The molecule has 1 fully saturated rings. The molecule has 1 aliphatic carbocycles. The van der Waals surface area contributed by atoms with E-state index < -0.39 is 0 Å². The molecule has 2 aromatic carbocycles. The van der Waals surface area contributed by atoms with Gasteiger partial charge in [0, 0.05) is 12.4 Å². The zero-order valence-electron chi connectivity index (χ0n) is 36.3. The number of aryl methyl sites for hydroxylation is 4. The van der Waals surface area contributed by atoms with E-state index in [1.165, 1.54) is 204 Å². The van der Waals surface area contributed by atoms with Gasteiger partial charge in [-0.1, -0.05) is 193 Å². The van der Waals surface area contributed by atoms with E-state index in [0.29, 0.717) is 0 Å². The molecule has 0 spiro atoms. The number of rotatable bonds is 32. The molecule has 0 aromatic heterocycles. The van der Waals surface area contributed by atoms with Crippen LogP contribution in [0.25, 0.3) is 0 Å². The van der Waals surface area contributed by atoms with Gasteiger partial charge in [0.15, 0.2) is 0 Å². The third-order valence-electron chi connectivity index (χ3n) is 12.2. The van der Waals surface area contributed by atoms with Crippen LogP contribution in [0.4, 0.5) is 0 Å². The molecule has 0 amide bonds. The Kier molecular flexibility index (Phi) is 26.4. The normalized spacial score (nSPS) is 16.3. The second-order valence-corrected chi connectivity index (χ2v) is 17.1. The van der Waals surface area contributed by atoms with Gasteiger partial charge >= 0.3 is 0 Å². The summed E-state index contributed by atoms with van der Waals surface area (Å²) in [6.45, 7) is 9.24. The molecule has 1 aliphatic rings. The minimum Gasteiger partial charge on any atom is -0.287 e. The first-order valence-corrected chi connectivity index (χ1v) is 24.0. The standard InChI is InChI=1S/C52H86N2/c1-5-9-13-17-21-25-31-47-39-37-45(41-49(47)33-27-23-19-15-11-7-3)43-53-51-35-29-30-36-52(51)54-44-46-38-40-48(32-26-22-18-14-10-6-2)50(42-46)34-28-24-20-16-12-8-4/h37-44,51-52H,5-36H2,1-4H3/t51-,52-/m1/s1. The quantitative estimate of drug-likeness (QED) is 0.0527.